The Hall–Kier alpha value is -2.64. The van der Waals surface area contributed by atoms with Crippen molar-refractivity contribution in [2.75, 3.05) is 0 Å². The van der Waals surface area contributed by atoms with Gasteiger partial charge in [-0.25, -0.2) is 9.59 Å². The van der Waals surface area contributed by atoms with E-state index in [-0.39, 0.29) is 17.7 Å². The van der Waals surface area contributed by atoms with Gasteiger partial charge in [0.05, 0.1) is 16.7 Å². The number of aromatic carboxylic acids is 2. The molecule has 0 aliphatic heterocycles. The first-order valence-corrected chi connectivity index (χ1v) is 10.7. The lowest BCUT2D eigenvalue weighted by molar-refractivity contribution is 0.0246. The molecule has 0 saturated carbocycles. The molecule has 0 aliphatic carbocycles. The maximum Gasteiger partial charge on any atom is 0.336 e. The van der Waals surface area contributed by atoms with Crippen LogP contribution in [0.15, 0.2) is 36.4 Å². The molecule has 0 atom stereocenters. The molecular formula is C23H28O6S. The molecule has 0 aliphatic rings. The SMILES string of the molecule is CCC(O)(CC)CCC=C(C)c1ccc(COc2ccc(C(=O)O)c(C(=O)O)c2)s1. The predicted octanol–water partition coefficient (Wildman–Crippen LogP) is 5.46. The van der Waals surface area contributed by atoms with Crippen LogP contribution in [-0.4, -0.2) is 32.9 Å². The Morgan fingerprint density at radius 1 is 1.07 bits per heavy atom. The number of hydrogen-bond donors (Lipinski definition) is 3. The third kappa shape index (κ3) is 6.18. The number of aliphatic hydroxyl groups is 1. The van der Waals surface area contributed by atoms with Crippen molar-refractivity contribution >= 4 is 28.8 Å². The van der Waals surface area contributed by atoms with Gasteiger partial charge in [-0.2, -0.15) is 0 Å². The monoisotopic (exact) mass is 432 g/mol. The highest BCUT2D eigenvalue weighted by molar-refractivity contribution is 7.13. The number of allylic oxidation sites excluding steroid dienone is 2. The molecule has 7 heteroatoms. The lowest BCUT2D eigenvalue weighted by Crippen LogP contribution is -2.25. The van der Waals surface area contributed by atoms with Gasteiger partial charge in [0.25, 0.3) is 0 Å². The number of rotatable bonds is 11. The van der Waals surface area contributed by atoms with Gasteiger partial charge in [-0.1, -0.05) is 19.9 Å². The minimum absolute atomic E-state index is 0.259. The predicted molar refractivity (Wildman–Crippen MR) is 117 cm³/mol. The van der Waals surface area contributed by atoms with Crippen LogP contribution in [0.2, 0.25) is 0 Å². The normalized spacial score (nSPS) is 12.1. The Morgan fingerprint density at radius 2 is 1.73 bits per heavy atom. The summed E-state index contributed by atoms with van der Waals surface area (Å²) in [6, 6.07) is 7.89. The fourth-order valence-corrected chi connectivity index (χ4v) is 3.98. The molecule has 0 unspecified atom stereocenters. The fraction of sp³-hybridized carbons (Fsp3) is 0.391. The van der Waals surface area contributed by atoms with Crippen LogP contribution in [-0.2, 0) is 6.61 Å². The van der Waals surface area contributed by atoms with E-state index in [0.29, 0.717) is 5.75 Å². The van der Waals surface area contributed by atoms with Crippen LogP contribution in [0, 0.1) is 0 Å². The average Bonchev–Trinajstić information content (AvgIpc) is 3.20. The first-order valence-electron chi connectivity index (χ1n) is 9.90. The number of thiophene rings is 1. The van der Waals surface area contributed by atoms with Gasteiger partial charge in [-0.3, -0.25) is 0 Å². The Balaban J connectivity index is 2.01. The maximum absolute atomic E-state index is 11.3. The molecule has 30 heavy (non-hydrogen) atoms. The van der Waals surface area contributed by atoms with E-state index in [2.05, 4.69) is 6.08 Å². The van der Waals surface area contributed by atoms with Crippen molar-refractivity contribution in [2.24, 2.45) is 0 Å². The molecule has 2 aromatic rings. The minimum Gasteiger partial charge on any atom is -0.488 e. The van der Waals surface area contributed by atoms with E-state index < -0.39 is 17.5 Å². The van der Waals surface area contributed by atoms with E-state index in [1.165, 1.54) is 18.2 Å². The van der Waals surface area contributed by atoms with E-state index in [1.807, 2.05) is 32.9 Å². The van der Waals surface area contributed by atoms with E-state index in [4.69, 9.17) is 9.84 Å². The zero-order valence-corrected chi connectivity index (χ0v) is 18.3. The highest BCUT2D eigenvalue weighted by atomic mass is 32.1. The van der Waals surface area contributed by atoms with E-state index in [1.54, 1.807) is 11.3 Å². The van der Waals surface area contributed by atoms with Gasteiger partial charge in [0.2, 0.25) is 0 Å². The van der Waals surface area contributed by atoms with Crippen molar-refractivity contribution in [1.82, 2.24) is 0 Å². The topological polar surface area (TPSA) is 104 Å². The molecular weight excluding hydrogens is 404 g/mol. The van der Waals surface area contributed by atoms with Crippen molar-refractivity contribution < 1.29 is 29.6 Å². The molecule has 0 saturated heterocycles. The highest BCUT2D eigenvalue weighted by Gasteiger charge is 2.20. The number of benzene rings is 1. The van der Waals surface area contributed by atoms with Gasteiger partial charge in [0.15, 0.2) is 0 Å². The number of hydrogen-bond acceptors (Lipinski definition) is 5. The molecule has 162 valence electrons. The van der Waals surface area contributed by atoms with E-state index >= 15 is 0 Å². The van der Waals surface area contributed by atoms with Gasteiger partial charge < -0.3 is 20.1 Å². The molecule has 0 bridgehead atoms. The summed E-state index contributed by atoms with van der Waals surface area (Å²) in [4.78, 5) is 24.5. The summed E-state index contributed by atoms with van der Waals surface area (Å²) in [5.74, 6) is -2.30. The highest BCUT2D eigenvalue weighted by Crippen LogP contribution is 2.28. The largest absolute Gasteiger partial charge is 0.488 e. The zero-order chi connectivity index (χ0) is 22.3. The van der Waals surface area contributed by atoms with Gasteiger partial charge in [0.1, 0.15) is 12.4 Å². The zero-order valence-electron chi connectivity index (χ0n) is 17.5. The number of carboxylic acid groups (broad SMARTS) is 2. The van der Waals surface area contributed by atoms with Crippen molar-refractivity contribution in [1.29, 1.82) is 0 Å². The Labute approximate surface area is 180 Å². The van der Waals surface area contributed by atoms with Gasteiger partial charge in [-0.05, 0) is 68.5 Å². The number of carbonyl (C=O) groups is 2. The van der Waals surface area contributed by atoms with E-state index in [0.717, 1.165) is 41.0 Å². The second kappa shape index (κ2) is 10.4. The minimum atomic E-state index is -1.31. The van der Waals surface area contributed by atoms with Crippen molar-refractivity contribution in [3.05, 3.63) is 57.3 Å². The molecule has 0 fully saturated rings. The van der Waals surface area contributed by atoms with Crippen LogP contribution in [0.5, 0.6) is 5.75 Å². The summed E-state index contributed by atoms with van der Waals surface area (Å²) in [7, 11) is 0. The van der Waals surface area contributed by atoms with Crippen LogP contribution >= 0.6 is 11.3 Å². The van der Waals surface area contributed by atoms with Gasteiger partial charge in [-0.15, -0.1) is 11.3 Å². The summed E-state index contributed by atoms with van der Waals surface area (Å²) in [6.45, 7) is 6.30. The lowest BCUT2D eigenvalue weighted by atomic mass is 9.91. The molecule has 0 amide bonds. The average molecular weight is 433 g/mol. The quantitative estimate of drug-likeness (QED) is 0.436. The lowest BCUT2D eigenvalue weighted by Gasteiger charge is -2.24. The van der Waals surface area contributed by atoms with Crippen molar-refractivity contribution in [3.8, 4) is 5.75 Å². The Kier molecular flexibility index (Phi) is 8.20. The summed E-state index contributed by atoms with van der Waals surface area (Å²) < 4.78 is 5.67. The number of carboxylic acids is 2. The molecule has 0 spiro atoms. The second-order valence-corrected chi connectivity index (χ2v) is 8.40. The molecule has 1 aromatic carbocycles. The fourth-order valence-electron chi connectivity index (χ4n) is 3.06. The Morgan fingerprint density at radius 3 is 2.33 bits per heavy atom. The first kappa shape index (κ1) is 23.6. The van der Waals surface area contributed by atoms with Crippen molar-refractivity contribution in [3.63, 3.8) is 0 Å². The third-order valence-electron chi connectivity index (χ3n) is 5.26. The first-order chi connectivity index (χ1) is 14.2. The van der Waals surface area contributed by atoms with Crippen molar-refractivity contribution in [2.45, 2.75) is 58.7 Å². The molecule has 1 aromatic heterocycles. The summed E-state index contributed by atoms with van der Waals surface area (Å²) in [6.07, 6.45) is 5.16. The van der Waals surface area contributed by atoms with Crippen LogP contribution in [0.25, 0.3) is 5.57 Å². The summed E-state index contributed by atoms with van der Waals surface area (Å²) >= 11 is 1.58. The van der Waals surface area contributed by atoms with Gasteiger partial charge in [0, 0.05) is 9.75 Å². The maximum atomic E-state index is 11.3. The standard InChI is InChI=1S/C23H28O6S/c1-4-23(28,5-2)12-6-7-15(3)20-11-9-17(30-20)14-29-16-8-10-18(21(24)25)19(13-16)22(26)27/h7-11,13,28H,4-6,12,14H2,1-3H3,(H,24,25)(H,26,27). The van der Waals surface area contributed by atoms with Crippen LogP contribution in [0.1, 0.15) is 76.9 Å². The summed E-state index contributed by atoms with van der Waals surface area (Å²) in [5.41, 5.74) is -0.0347. The molecule has 0 radical (unpaired) electrons. The second-order valence-electron chi connectivity index (χ2n) is 7.23. The molecule has 6 nitrogen and oxygen atoms in total. The molecule has 1 heterocycles. The van der Waals surface area contributed by atoms with Crippen LogP contribution in [0.4, 0.5) is 0 Å². The number of ether oxygens (including phenoxy) is 1. The van der Waals surface area contributed by atoms with Crippen LogP contribution in [0.3, 0.4) is 0 Å². The Bertz CT molecular complexity index is 924. The van der Waals surface area contributed by atoms with E-state index in [9.17, 15) is 19.8 Å². The molecule has 3 N–H and O–H groups in total. The van der Waals surface area contributed by atoms with Crippen LogP contribution < -0.4 is 4.74 Å². The van der Waals surface area contributed by atoms with Gasteiger partial charge >= 0.3 is 11.9 Å². The third-order valence-corrected chi connectivity index (χ3v) is 6.45. The molecule has 2 rings (SSSR count). The smallest absolute Gasteiger partial charge is 0.336 e. The summed E-state index contributed by atoms with van der Waals surface area (Å²) in [5, 5.41) is 28.7.